The Bertz CT molecular complexity index is 925. The van der Waals surface area contributed by atoms with Crippen LogP contribution >= 0.6 is 0 Å². The molecule has 0 N–H and O–H groups in total. The predicted molar refractivity (Wildman–Crippen MR) is 97.8 cm³/mol. The molecule has 0 amide bonds. The van der Waals surface area contributed by atoms with Crippen molar-refractivity contribution < 1.29 is 23.7 Å². The van der Waals surface area contributed by atoms with Crippen molar-refractivity contribution >= 4 is 5.97 Å². The van der Waals surface area contributed by atoms with Crippen molar-refractivity contribution in [2.45, 2.75) is 0 Å². The van der Waals surface area contributed by atoms with Crippen molar-refractivity contribution in [3.8, 4) is 34.2 Å². The van der Waals surface area contributed by atoms with Gasteiger partial charge in [-0.05, 0) is 24.3 Å². The lowest BCUT2D eigenvalue weighted by Crippen LogP contribution is -2.09. The van der Waals surface area contributed by atoms with Crippen LogP contribution < -0.4 is 14.2 Å². The fourth-order valence-electron chi connectivity index (χ4n) is 2.71. The van der Waals surface area contributed by atoms with Crippen LogP contribution in [0.5, 0.6) is 17.2 Å². The normalized spacial score (nSPS) is 10.4. The number of hydrogen-bond acceptors (Lipinski definition) is 7. The van der Waals surface area contributed by atoms with Gasteiger partial charge in [-0.2, -0.15) is 0 Å². The van der Waals surface area contributed by atoms with E-state index in [1.54, 1.807) is 30.1 Å². The Labute approximate surface area is 156 Å². The summed E-state index contributed by atoms with van der Waals surface area (Å²) in [6, 6.07) is 10.9. The molecule has 0 aliphatic heterocycles. The number of ether oxygens (including phenoxy) is 4. The molecule has 1 aromatic heterocycles. The summed E-state index contributed by atoms with van der Waals surface area (Å²) >= 11 is 0. The van der Waals surface area contributed by atoms with Gasteiger partial charge in [-0.1, -0.05) is 5.21 Å². The molecule has 0 aliphatic rings. The summed E-state index contributed by atoms with van der Waals surface area (Å²) in [5.41, 5.74) is 2.49. The largest absolute Gasteiger partial charge is 0.497 e. The molecule has 3 rings (SSSR count). The summed E-state index contributed by atoms with van der Waals surface area (Å²) < 4.78 is 22.4. The Morgan fingerprint density at radius 1 is 0.926 bits per heavy atom. The molecule has 0 saturated heterocycles. The van der Waals surface area contributed by atoms with Gasteiger partial charge in [-0.15, -0.1) is 5.10 Å². The van der Waals surface area contributed by atoms with Crippen molar-refractivity contribution in [2.75, 3.05) is 28.4 Å². The van der Waals surface area contributed by atoms with E-state index < -0.39 is 5.97 Å². The average molecular weight is 369 g/mol. The molecule has 8 nitrogen and oxygen atoms in total. The van der Waals surface area contributed by atoms with Crippen LogP contribution in [0.15, 0.2) is 42.6 Å². The zero-order valence-corrected chi connectivity index (χ0v) is 15.4. The van der Waals surface area contributed by atoms with E-state index in [0.717, 1.165) is 17.0 Å². The van der Waals surface area contributed by atoms with E-state index in [1.165, 1.54) is 21.3 Å². The minimum absolute atomic E-state index is 0.206. The Morgan fingerprint density at radius 2 is 1.56 bits per heavy atom. The van der Waals surface area contributed by atoms with Gasteiger partial charge in [0.2, 0.25) is 0 Å². The zero-order chi connectivity index (χ0) is 19.4. The molecule has 3 aromatic rings. The van der Waals surface area contributed by atoms with Crippen molar-refractivity contribution in [3.63, 3.8) is 0 Å². The minimum Gasteiger partial charge on any atom is -0.497 e. The highest BCUT2D eigenvalue weighted by Gasteiger charge is 2.22. The summed E-state index contributed by atoms with van der Waals surface area (Å²) in [5, 5.41) is 8.17. The Kier molecular flexibility index (Phi) is 5.25. The van der Waals surface area contributed by atoms with Crippen molar-refractivity contribution in [1.29, 1.82) is 0 Å². The van der Waals surface area contributed by atoms with E-state index >= 15 is 0 Å². The molecule has 0 fully saturated rings. The van der Waals surface area contributed by atoms with Crippen LogP contribution in [-0.4, -0.2) is 49.4 Å². The summed E-state index contributed by atoms with van der Waals surface area (Å²) in [4.78, 5) is 12.1. The van der Waals surface area contributed by atoms with Crippen molar-refractivity contribution in [3.05, 3.63) is 48.2 Å². The highest BCUT2D eigenvalue weighted by atomic mass is 16.5. The number of benzene rings is 2. The molecule has 2 aromatic carbocycles. The molecule has 0 atom stereocenters. The van der Waals surface area contributed by atoms with Crippen LogP contribution in [0.1, 0.15) is 10.4 Å². The lowest BCUT2D eigenvalue weighted by atomic mass is 10.1. The molecule has 0 aliphatic carbocycles. The molecule has 1 heterocycles. The third-order valence-electron chi connectivity index (χ3n) is 4.06. The molecule has 0 unspecified atom stereocenters. The smallest absolute Gasteiger partial charge is 0.345 e. The number of carbonyl (C=O) groups excluding carboxylic acids is 1. The van der Waals surface area contributed by atoms with Crippen molar-refractivity contribution in [1.82, 2.24) is 15.0 Å². The molecule has 0 radical (unpaired) electrons. The fourth-order valence-corrected chi connectivity index (χ4v) is 2.71. The van der Waals surface area contributed by atoms with Gasteiger partial charge in [0.25, 0.3) is 0 Å². The number of hydrogen-bond donors (Lipinski definition) is 0. The highest BCUT2D eigenvalue weighted by Crippen LogP contribution is 2.34. The molecular formula is C19H19N3O5. The van der Waals surface area contributed by atoms with E-state index in [-0.39, 0.29) is 5.56 Å². The molecule has 8 heteroatoms. The van der Waals surface area contributed by atoms with Crippen LogP contribution in [0, 0.1) is 0 Å². The first-order valence-electron chi connectivity index (χ1n) is 8.02. The third-order valence-corrected chi connectivity index (χ3v) is 4.06. The van der Waals surface area contributed by atoms with E-state index in [9.17, 15) is 4.79 Å². The molecule has 27 heavy (non-hydrogen) atoms. The molecular weight excluding hydrogens is 350 g/mol. The summed E-state index contributed by atoms with van der Waals surface area (Å²) in [7, 11) is 5.85. The second kappa shape index (κ2) is 7.77. The second-order valence-electron chi connectivity index (χ2n) is 5.48. The highest BCUT2D eigenvalue weighted by molar-refractivity contribution is 5.96. The van der Waals surface area contributed by atoms with Crippen LogP contribution in [-0.2, 0) is 4.74 Å². The maximum atomic E-state index is 12.1. The van der Waals surface area contributed by atoms with Gasteiger partial charge in [0.1, 0.15) is 22.8 Å². The number of carbonyl (C=O) groups is 1. The Hall–Kier alpha value is -3.55. The molecule has 0 bridgehead atoms. The summed E-state index contributed by atoms with van der Waals surface area (Å²) in [6.07, 6.45) is 1.65. The first-order chi connectivity index (χ1) is 13.1. The monoisotopic (exact) mass is 369 g/mol. The molecule has 0 spiro atoms. The minimum atomic E-state index is -0.552. The van der Waals surface area contributed by atoms with Crippen molar-refractivity contribution in [2.24, 2.45) is 0 Å². The Morgan fingerprint density at radius 3 is 2.07 bits per heavy atom. The number of esters is 1. The SMILES string of the molecule is COC(=O)c1c(OC)cc(-n2nncc2-c2ccc(OC)cc2)cc1OC. The lowest BCUT2D eigenvalue weighted by molar-refractivity contribution is 0.0593. The zero-order valence-electron chi connectivity index (χ0n) is 15.4. The number of methoxy groups -OCH3 is 4. The van der Waals surface area contributed by atoms with E-state index in [4.69, 9.17) is 18.9 Å². The maximum absolute atomic E-state index is 12.1. The van der Waals surface area contributed by atoms with Crippen LogP contribution in [0.2, 0.25) is 0 Å². The quantitative estimate of drug-likeness (QED) is 0.618. The van der Waals surface area contributed by atoms with Crippen LogP contribution in [0.4, 0.5) is 0 Å². The van der Waals surface area contributed by atoms with Crippen LogP contribution in [0.25, 0.3) is 16.9 Å². The molecule has 140 valence electrons. The second-order valence-corrected chi connectivity index (χ2v) is 5.48. The van der Waals surface area contributed by atoms with Crippen LogP contribution in [0.3, 0.4) is 0 Å². The van der Waals surface area contributed by atoms with Gasteiger partial charge >= 0.3 is 5.97 Å². The standard InChI is InChI=1S/C19H19N3O5/c1-24-14-7-5-12(6-8-14)15-11-20-21-22(15)13-9-16(25-2)18(19(23)27-4)17(10-13)26-3/h5-11H,1-4H3. The van der Waals surface area contributed by atoms with E-state index in [1.807, 2.05) is 24.3 Å². The topological polar surface area (TPSA) is 84.7 Å². The average Bonchev–Trinajstić information content (AvgIpc) is 3.22. The number of aromatic nitrogens is 3. The van der Waals surface area contributed by atoms with E-state index in [0.29, 0.717) is 17.2 Å². The van der Waals surface area contributed by atoms with Gasteiger partial charge < -0.3 is 18.9 Å². The maximum Gasteiger partial charge on any atom is 0.345 e. The number of rotatable bonds is 6. The van der Waals surface area contributed by atoms with Gasteiger partial charge in [0.05, 0.1) is 46.0 Å². The van der Waals surface area contributed by atoms with Gasteiger partial charge in [0.15, 0.2) is 0 Å². The lowest BCUT2D eigenvalue weighted by Gasteiger charge is -2.15. The Balaban J connectivity index is 2.12. The first-order valence-corrected chi connectivity index (χ1v) is 8.02. The number of nitrogens with zero attached hydrogens (tertiary/aromatic N) is 3. The first kappa shape index (κ1) is 18.2. The fraction of sp³-hybridized carbons (Fsp3) is 0.211. The van der Waals surface area contributed by atoms with Gasteiger partial charge in [0, 0.05) is 17.7 Å². The summed E-state index contributed by atoms with van der Waals surface area (Å²) in [5.74, 6) is 0.826. The van der Waals surface area contributed by atoms with Gasteiger partial charge in [-0.25, -0.2) is 9.48 Å². The summed E-state index contributed by atoms with van der Waals surface area (Å²) in [6.45, 7) is 0. The van der Waals surface area contributed by atoms with Gasteiger partial charge in [-0.3, -0.25) is 0 Å². The third kappa shape index (κ3) is 3.41. The van der Waals surface area contributed by atoms with E-state index in [2.05, 4.69) is 10.3 Å². The molecule has 0 saturated carbocycles. The predicted octanol–water partition coefficient (Wildman–Crippen LogP) is 2.75.